The highest BCUT2D eigenvalue weighted by Crippen LogP contribution is 2.38. The van der Waals surface area contributed by atoms with Crippen LogP contribution in [0.1, 0.15) is 39.2 Å². The van der Waals surface area contributed by atoms with Crippen LogP contribution < -0.4 is 0 Å². The highest BCUT2D eigenvalue weighted by molar-refractivity contribution is 9.10. The first-order valence-corrected chi connectivity index (χ1v) is 7.92. The lowest BCUT2D eigenvalue weighted by atomic mass is 9.90. The number of nitrogens with zero attached hydrogens (tertiary/aromatic N) is 1. The van der Waals surface area contributed by atoms with Gasteiger partial charge in [-0.15, -0.1) is 0 Å². The molecule has 0 bridgehead atoms. The molecule has 0 unspecified atom stereocenters. The van der Waals surface area contributed by atoms with Crippen molar-refractivity contribution in [1.82, 2.24) is 4.90 Å². The van der Waals surface area contributed by atoms with Crippen molar-refractivity contribution in [3.63, 3.8) is 0 Å². The van der Waals surface area contributed by atoms with Crippen LogP contribution in [0, 0.1) is 0 Å². The number of rotatable bonds is 1. The van der Waals surface area contributed by atoms with Gasteiger partial charge in [0.25, 0.3) is 5.91 Å². The van der Waals surface area contributed by atoms with Crippen molar-refractivity contribution in [3.05, 3.63) is 46.5 Å². The van der Waals surface area contributed by atoms with Crippen LogP contribution >= 0.6 is 15.9 Å². The molecule has 0 spiro atoms. The third-order valence-electron chi connectivity index (χ3n) is 3.58. The maximum Gasteiger partial charge on any atom is 0.417 e. The number of hydrogen-bond acceptors (Lipinski definition) is 3. The van der Waals surface area contributed by atoms with Crippen LogP contribution in [0.15, 0.2) is 40.9 Å². The van der Waals surface area contributed by atoms with E-state index in [1.807, 2.05) is 31.2 Å². The number of carbonyl (C=O) groups excluding carboxylic acids is 2. The topological polar surface area (TPSA) is 46.6 Å². The molecule has 0 aliphatic carbocycles. The number of benzene rings is 1. The van der Waals surface area contributed by atoms with E-state index in [9.17, 15) is 9.59 Å². The molecular formula is C17H20BrNO3. The van der Waals surface area contributed by atoms with E-state index in [4.69, 9.17) is 4.74 Å². The molecule has 118 valence electrons. The molecule has 1 aromatic carbocycles. The summed E-state index contributed by atoms with van der Waals surface area (Å²) in [7, 11) is 0. The third kappa shape index (κ3) is 3.24. The van der Waals surface area contributed by atoms with Gasteiger partial charge in [-0.2, -0.15) is 0 Å². The van der Waals surface area contributed by atoms with Crippen molar-refractivity contribution in [2.24, 2.45) is 0 Å². The van der Waals surface area contributed by atoms with Gasteiger partial charge in [0.2, 0.25) is 0 Å². The van der Waals surface area contributed by atoms with E-state index in [2.05, 4.69) is 22.5 Å². The monoisotopic (exact) mass is 365 g/mol. The summed E-state index contributed by atoms with van der Waals surface area (Å²) < 4.78 is 6.29. The van der Waals surface area contributed by atoms with E-state index in [1.54, 1.807) is 20.8 Å². The maximum atomic E-state index is 12.4. The van der Waals surface area contributed by atoms with Gasteiger partial charge in [-0.1, -0.05) is 34.6 Å². The lowest BCUT2D eigenvalue weighted by molar-refractivity contribution is -0.125. The number of hydrogen-bond donors (Lipinski definition) is 0. The molecule has 1 aliphatic heterocycles. The van der Waals surface area contributed by atoms with E-state index in [-0.39, 0.29) is 17.9 Å². The van der Waals surface area contributed by atoms with Crippen LogP contribution in [0.3, 0.4) is 0 Å². The Bertz CT molecular complexity index is 616. The predicted octanol–water partition coefficient (Wildman–Crippen LogP) is 4.25. The first-order valence-electron chi connectivity index (χ1n) is 7.12. The Kier molecular flexibility index (Phi) is 4.47. The number of halogens is 1. The van der Waals surface area contributed by atoms with Gasteiger partial charge in [0, 0.05) is 16.0 Å². The molecule has 2 atom stereocenters. The summed E-state index contributed by atoms with van der Waals surface area (Å²) in [5.74, 6) is -0.581. The standard InChI is InChI=1S/C17H20BrNO3/c1-10-14(12-6-8-13(18)9-7-12)11(2)19(15(10)20)16(21)22-17(3,4)5/h6-9,11,14H,1H2,2-5H3/t11-,14+/m0/s1. The van der Waals surface area contributed by atoms with E-state index >= 15 is 0 Å². The lowest BCUT2D eigenvalue weighted by Gasteiger charge is -2.27. The molecular weight excluding hydrogens is 346 g/mol. The Labute approximate surface area is 139 Å². The second-order valence-corrected chi connectivity index (χ2v) is 7.37. The predicted molar refractivity (Wildman–Crippen MR) is 88.6 cm³/mol. The molecule has 1 saturated heterocycles. The fraction of sp³-hybridized carbons (Fsp3) is 0.412. The fourth-order valence-electron chi connectivity index (χ4n) is 2.62. The first kappa shape index (κ1) is 16.7. The van der Waals surface area contributed by atoms with Gasteiger partial charge >= 0.3 is 6.09 Å². The van der Waals surface area contributed by atoms with Gasteiger partial charge in [0.15, 0.2) is 0 Å². The van der Waals surface area contributed by atoms with Crippen LogP contribution in [0.5, 0.6) is 0 Å². The van der Waals surface area contributed by atoms with E-state index in [0.717, 1.165) is 10.0 Å². The summed E-state index contributed by atoms with van der Waals surface area (Å²) in [5.41, 5.74) is 0.731. The summed E-state index contributed by atoms with van der Waals surface area (Å²) in [6.45, 7) is 11.0. The normalized spacial score (nSPS) is 22.1. The summed E-state index contributed by atoms with van der Waals surface area (Å²) in [4.78, 5) is 25.9. The van der Waals surface area contributed by atoms with Crippen molar-refractivity contribution >= 4 is 27.9 Å². The Hall–Kier alpha value is -1.62. The van der Waals surface area contributed by atoms with E-state index in [0.29, 0.717) is 5.57 Å². The molecule has 0 N–H and O–H groups in total. The van der Waals surface area contributed by atoms with Crippen molar-refractivity contribution in [2.75, 3.05) is 0 Å². The van der Waals surface area contributed by atoms with Gasteiger partial charge < -0.3 is 4.74 Å². The Morgan fingerprint density at radius 2 is 1.82 bits per heavy atom. The quantitative estimate of drug-likeness (QED) is 0.698. The minimum atomic E-state index is -0.645. The van der Waals surface area contributed by atoms with Crippen LogP contribution in [0.4, 0.5) is 4.79 Å². The van der Waals surface area contributed by atoms with Gasteiger partial charge in [-0.3, -0.25) is 4.79 Å². The molecule has 2 amide bonds. The van der Waals surface area contributed by atoms with Crippen molar-refractivity contribution in [1.29, 1.82) is 0 Å². The number of imide groups is 1. The highest BCUT2D eigenvalue weighted by atomic mass is 79.9. The number of amides is 2. The zero-order valence-electron chi connectivity index (χ0n) is 13.2. The Morgan fingerprint density at radius 1 is 1.27 bits per heavy atom. The van der Waals surface area contributed by atoms with Gasteiger partial charge in [-0.25, -0.2) is 9.69 Å². The van der Waals surface area contributed by atoms with E-state index < -0.39 is 11.7 Å². The highest BCUT2D eigenvalue weighted by Gasteiger charge is 2.45. The maximum absolute atomic E-state index is 12.4. The molecule has 1 fully saturated rings. The molecule has 0 aromatic heterocycles. The van der Waals surface area contributed by atoms with Crippen LogP contribution in [-0.4, -0.2) is 28.5 Å². The zero-order valence-corrected chi connectivity index (χ0v) is 14.8. The van der Waals surface area contributed by atoms with Crippen molar-refractivity contribution < 1.29 is 14.3 Å². The average molecular weight is 366 g/mol. The Morgan fingerprint density at radius 3 is 2.32 bits per heavy atom. The minimum Gasteiger partial charge on any atom is -0.443 e. The minimum absolute atomic E-state index is 0.215. The first-order chi connectivity index (χ1) is 10.1. The second kappa shape index (κ2) is 5.88. The summed E-state index contributed by atoms with van der Waals surface area (Å²) in [5, 5.41) is 0. The molecule has 0 radical (unpaired) electrons. The SMILES string of the molecule is C=C1C(=O)N(C(=O)OC(C)(C)C)[C@@H](C)[C@@H]1c1ccc(Br)cc1. The fourth-order valence-corrected chi connectivity index (χ4v) is 2.89. The summed E-state index contributed by atoms with van der Waals surface area (Å²) in [6, 6.07) is 7.37. The number of likely N-dealkylation sites (tertiary alicyclic amines) is 1. The Balaban J connectivity index is 2.29. The number of carbonyl (C=O) groups is 2. The van der Waals surface area contributed by atoms with Crippen LogP contribution in [0.25, 0.3) is 0 Å². The average Bonchev–Trinajstić information content (AvgIpc) is 2.60. The van der Waals surface area contributed by atoms with Crippen LogP contribution in [0.2, 0.25) is 0 Å². The molecule has 1 aliphatic rings. The summed E-state index contributed by atoms with van der Waals surface area (Å²) in [6.07, 6.45) is -0.620. The third-order valence-corrected chi connectivity index (χ3v) is 4.11. The molecule has 4 nitrogen and oxygen atoms in total. The molecule has 22 heavy (non-hydrogen) atoms. The molecule has 1 heterocycles. The van der Waals surface area contributed by atoms with Gasteiger partial charge in [0.05, 0.1) is 6.04 Å². The molecule has 0 saturated carbocycles. The van der Waals surface area contributed by atoms with Gasteiger partial charge in [0.1, 0.15) is 5.60 Å². The van der Waals surface area contributed by atoms with Crippen molar-refractivity contribution in [2.45, 2.75) is 45.3 Å². The smallest absolute Gasteiger partial charge is 0.417 e. The zero-order chi connectivity index (χ0) is 16.7. The summed E-state index contributed by atoms with van der Waals surface area (Å²) >= 11 is 3.39. The van der Waals surface area contributed by atoms with E-state index in [1.165, 1.54) is 4.90 Å². The lowest BCUT2D eigenvalue weighted by Crippen LogP contribution is -2.42. The molecule has 2 rings (SSSR count). The van der Waals surface area contributed by atoms with Crippen LogP contribution in [-0.2, 0) is 9.53 Å². The molecule has 5 heteroatoms. The van der Waals surface area contributed by atoms with Gasteiger partial charge in [-0.05, 0) is 45.4 Å². The second-order valence-electron chi connectivity index (χ2n) is 6.45. The molecule has 1 aromatic rings. The van der Waals surface area contributed by atoms with Crippen molar-refractivity contribution in [3.8, 4) is 0 Å². The largest absolute Gasteiger partial charge is 0.443 e. The number of ether oxygens (including phenoxy) is 1.